The van der Waals surface area contributed by atoms with Gasteiger partial charge in [-0.05, 0) is 80.5 Å². The maximum absolute atomic E-state index is 13.3. The number of fused-ring (bicyclic) bond motifs is 1. The highest BCUT2D eigenvalue weighted by atomic mass is 16.4. The minimum Gasteiger partial charge on any atom is -0.478 e. The second-order valence-corrected chi connectivity index (χ2v) is 11.2. The zero-order valence-electron chi connectivity index (χ0n) is 22.6. The first kappa shape index (κ1) is 26.3. The molecule has 0 spiro atoms. The molecule has 2 aromatic heterocycles. The molecule has 2 unspecified atom stereocenters. The molecule has 4 aromatic rings. The van der Waals surface area contributed by atoms with Gasteiger partial charge in [0.1, 0.15) is 12.1 Å². The van der Waals surface area contributed by atoms with Gasteiger partial charge in [-0.2, -0.15) is 0 Å². The minimum absolute atomic E-state index is 0.0706. The van der Waals surface area contributed by atoms with Crippen LogP contribution in [-0.2, 0) is 6.54 Å². The van der Waals surface area contributed by atoms with Crippen LogP contribution in [0, 0.1) is 0 Å². The van der Waals surface area contributed by atoms with Crippen molar-refractivity contribution in [3.8, 4) is 11.4 Å². The number of rotatable bonds is 8. The minimum atomic E-state index is -0.918. The van der Waals surface area contributed by atoms with E-state index in [1.54, 1.807) is 30.7 Å². The summed E-state index contributed by atoms with van der Waals surface area (Å²) in [4.78, 5) is 29.6. The van der Waals surface area contributed by atoms with Crippen molar-refractivity contribution in [2.45, 2.75) is 82.5 Å². The predicted molar refractivity (Wildman–Crippen MR) is 153 cm³/mol. The van der Waals surface area contributed by atoms with Crippen LogP contribution in [0.25, 0.3) is 22.4 Å². The molecule has 2 saturated carbocycles. The molecular formula is C32H36N4O4. The van der Waals surface area contributed by atoms with E-state index in [-0.39, 0.29) is 18.0 Å². The van der Waals surface area contributed by atoms with Gasteiger partial charge in [-0.25, -0.2) is 9.78 Å². The first-order valence-electron chi connectivity index (χ1n) is 14.5. The number of aromatic carboxylic acids is 1. The number of nitrogens with one attached hydrogen (secondary N) is 2. The van der Waals surface area contributed by atoms with Crippen LogP contribution in [0.4, 0.5) is 0 Å². The number of hydrogen-bond acceptors (Lipinski definition) is 5. The molecule has 2 atom stereocenters. The van der Waals surface area contributed by atoms with Gasteiger partial charge in [-0.1, -0.05) is 31.4 Å². The van der Waals surface area contributed by atoms with E-state index in [0.717, 1.165) is 66.5 Å². The summed E-state index contributed by atoms with van der Waals surface area (Å²) in [5, 5.41) is 16.1. The number of carbonyl (C=O) groups excluding carboxylic acids is 1. The normalized spacial score (nSPS) is 20.0. The zero-order valence-corrected chi connectivity index (χ0v) is 22.6. The first-order valence-corrected chi connectivity index (χ1v) is 14.5. The van der Waals surface area contributed by atoms with Gasteiger partial charge in [0.05, 0.1) is 28.4 Å². The van der Waals surface area contributed by atoms with Crippen LogP contribution in [0.3, 0.4) is 0 Å². The van der Waals surface area contributed by atoms with Crippen LogP contribution in [0.5, 0.6) is 0 Å². The Labute approximate surface area is 233 Å². The van der Waals surface area contributed by atoms with Gasteiger partial charge < -0.3 is 24.7 Å². The Balaban J connectivity index is 1.14. The Hall–Kier alpha value is -3.91. The van der Waals surface area contributed by atoms with Crippen molar-refractivity contribution in [3.63, 3.8) is 0 Å². The third kappa shape index (κ3) is 5.68. The lowest BCUT2D eigenvalue weighted by Crippen LogP contribution is -2.44. The molecule has 0 radical (unpaired) electrons. The SMILES string of the molecule is O=C(O)c1cccc(CNC2CCCC(NC(=O)c3ccc4c(c3)nc(-c3ccoc3)n4C3CCCCC3)C2)c1. The number of amides is 1. The number of carboxylic acid groups (broad SMARTS) is 1. The second kappa shape index (κ2) is 11.7. The number of hydrogen-bond donors (Lipinski definition) is 3. The van der Waals surface area contributed by atoms with E-state index >= 15 is 0 Å². The highest BCUT2D eigenvalue weighted by molar-refractivity contribution is 5.98. The van der Waals surface area contributed by atoms with Crippen LogP contribution >= 0.6 is 0 Å². The molecule has 8 heteroatoms. The number of benzene rings is 2. The summed E-state index contributed by atoms with van der Waals surface area (Å²) in [5.41, 5.74) is 4.73. The molecule has 2 aliphatic carbocycles. The van der Waals surface area contributed by atoms with Crippen molar-refractivity contribution in [2.24, 2.45) is 0 Å². The van der Waals surface area contributed by atoms with Gasteiger partial charge >= 0.3 is 5.97 Å². The van der Waals surface area contributed by atoms with E-state index in [1.807, 2.05) is 30.3 Å². The van der Waals surface area contributed by atoms with Crippen LogP contribution in [-0.4, -0.2) is 38.6 Å². The van der Waals surface area contributed by atoms with Crippen molar-refractivity contribution in [1.82, 2.24) is 20.2 Å². The summed E-state index contributed by atoms with van der Waals surface area (Å²) in [5.74, 6) is -0.0824. The number of carbonyl (C=O) groups is 2. The number of imidazole rings is 1. The molecule has 0 saturated heterocycles. The third-order valence-electron chi connectivity index (χ3n) is 8.45. The Morgan fingerprint density at radius 3 is 2.60 bits per heavy atom. The number of aromatic nitrogens is 2. The van der Waals surface area contributed by atoms with Crippen LogP contribution in [0.15, 0.2) is 65.5 Å². The molecule has 2 heterocycles. The van der Waals surface area contributed by atoms with E-state index in [9.17, 15) is 14.7 Å². The Bertz CT molecular complexity index is 1490. The molecule has 40 heavy (non-hydrogen) atoms. The summed E-state index contributed by atoms with van der Waals surface area (Å²) in [6, 6.07) is 15.6. The molecule has 2 aromatic carbocycles. The lowest BCUT2D eigenvalue weighted by atomic mass is 9.90. The molecule has 0 aliphatic heterocycles. The first-order chi connectivity index (χ1) is 19.5. The maximum Gasteiger partial charge on any atom is 0.335 e. The van der Waals surface area contributed by atoms with Gasteiger partial charge in [0.25, 0.3) is 5.91 Å². The summed E-state index contributed by atoms with van der Waals surface area (Å²) in [6.07, 6.45) is 13.3. The van der Waals surface area contributed by atoms with Gasteiger partial charge in [-0.3, -0.25) is 4.79 Å². The Morgan fingerprint density at radius 1 is 0.950 bits per heavy atom. The van der Waals surface area contributed by atoms with Crippen molar-refractivity contribution in [1.29, 1.82) is 0 Å². The van der Waals surface area contributed by atoms with Gasteiger partial charge in [0.2, 0.25) is 0 Å². The lowest BCUT2D eigenvalue weighted by Gasteiger charge is -2.30. The monoisotopic (exact) mass is 540 g/mol. The fourth-order valence-corrected chi connectivity index (χ4v) is 6.40. The molecular weight excluding hydrogens is 504 g/mol. The van der Waals surface area contributed by atoms with Crippen LogP contribution in [0.2, 0.25) is 0 Å². The van der Waals surface area contributed by atoms with E-state index < -0.39 is 5.97 Å². The fraction of sp³-hybridized carbons (Fsp3) is 0.406. The van der Waals surface area contributed by atoms with Crippen LogP contribution in [0.1, 0.15) is 90.1 Å². The Kier molecular flexibility index (Phi) is 7.68. The highest BCUT2D eigenvalue weighted by Gasteiger charge is 2.26. The smallest absolute Gasteiger partial charge is 0.335 e. The van der Waals surface area contributed by atoms with E-state index in [4.69, 9.17) is 9.40 Å². The zero-order chi connectivity index (χ0) is 27.5. The van der Waals surface area contributed by atoms with E-state index in [0.29, 0.717) is 23.7 Å². The third-order valence-corrected chi connectivity index (χ3v) is 8.45. The largest absolute Gasteiger partial charge is 0.478 e. The van der Waals surface area contributed by atoms with Crippen LogP contribution < -0.4 is 10.6 Å². The predicted octanol–water partition coefficient (Wildman–Crippen LogP) is 6.33. The molecule has 8 nitrogen and oxygen atoms in total. The molecule has 0 bridgehead atoms. The summed E-state index contributed by atoms with van der Waals surface area (Å²) in [7, 11) is 0. The molecule has 3 N–H and O–H groups in total. The molecule has 2 aliphatic rings. The van der Waals surface area contributed by atoms with Crippen molar-refractivity contribution in [3.05, 3.63) is 77.7 Å². The molecule has 1 amide bonds. The maximum atomic E-state index is 13.3. The second-order valence-electron chi connectivity index (χ2n) is 11.2. The number of nitrogens with zero attached hydrogens (tertiary/aromatic N) is 2. The highest BCUT2D eigenvalue weighted by Crippen LogP contribution is 2.36. The van der Waals surface area contributed by atoms with Crippen molar-refractivity contribution >= 4 is 22.9 Å². The van der Waals surface area contributed by atoms with Crippen molar-refractivity contribution in [2.75, 3.05) is 0 Å². The fourth-order valence-electron chi connectivity index (χ4n) is 6.40. The number of furan rings is 1. The lowest BCUT2D eigenvalue weighted by molar-refractivity contribution is 0.0696. The topological polar surface area (TPSA) is 109 Å². The molecule has 2 fully saturated rings. The van der Waals surface area contributed by atoms with E-state index in [2.05, 4.69) is 15.2 Å². The standard InChI is InChI=1S/C32H36N4O4/c37-31(34-26-9-5-8-25(18-26)33-19-21-6-4-7-23(16-21)32(38)39)22-12-13-29-28(17-22)35-30(24-14-15-40-20-24)36(29)27-10-2-1-3-11-27/h4,6-7,12-17,20,25-27,33H,1-3,5,8-11,18-19H2,(H,34,37)(H,38,39). The molecule has 208 valence electrons. The van der Waals surface area contributed by atoms with Gasteiger partial charge in [-0.15, -0.1) is 0 Å². The van der Waals surface area contributed by atoms with Gasteiger partial charge in [0, 0.05) is 30.2 Å². The number of carboxylic acids is 1. The average Bonchev–Trinajstić information content (AvgIpc) is 3.65. The quantitative estimate of drug-likeness (QED) is 0.241. The summed E-state index contributed by atoms with van der Waals surface area (Å²) in [6.45, 7) is 0.603. The van der Waals surface area contributed by atoms with Gasteiger partial charge in [0.15, 0.2) is 0 Å². The van der Waals surface area contributed by atoms with Crippen molar-refractivity contribution < 1.29 is 19.1 Å². The van der Waals surface area contributed by atoms with E-state index in [1.165, 1.54) is 19.3 Å². The Morgan fingerprint density at radius 2 is 1.80 bits per heavy atom. The average molecular weight is 541 g/mol. The molecule has 6 rings (SSSR count). The summed E-state index contributed by atoms with van der Waals surface area (Å²) < 4.78 is 7.73. The summed E-state index contributed by atoms with van der Waals surface area (Å²) >= 11 is 0.